The van der Waals surface area contributed by atoms with Gasteiger partial charge < -0.3 is 9.64 Å². The zero-order chi connectivity index (χ0) is 25.5. The number of fused-ring (bicyclic) bond motifs is 5. The van der Waals surface area contributed by atoms with Gasteiger partial charge in [-0.1, -0.05) is 86.6 Å². The van der Waals surface area contributed by atoms with E-state index in [-0.39, 0.29) is 35.8 Å². The van der Waals surface area contributed by atoms with Crippen molar-refractivity contribution in [2.75, 3.05) is 6.61 Å². The fraction of sp³-hybridized carbons (Fsp3) is 0.394. The molecule has 3 aromatic carbocycles. The number of rotatable bonds is 5. The quantitative estimate of drug-likeness (QED) is 0.344. The number of piperidine rings is 2. The third kappa shape index (κ3) is 4.37. The topological polar surface area (TPSA) is 46.6 Å². The standard InChI is InChI=1S/C33H35NO3/c1-21(2)22-14-16-23(17-15-22)32(35)24-18-25-8-7-9-26(19-24)34(25)33(36)37-20-31-29-12-5-3-10-27(29)28-11-4-6-13-30(28)31/h3-6,10-17,21,24-26,31H,7-9,18-20H2,1-2H3. The van der Waals surface area contributed by atoms with Crippen LogP contribution in [-0.2, 0) is 4.74 Å². The van der Waals surface area contributed by atoms with Crippen LogP contribution in [0.5, 0.6) is 0 Å². The third-order valence-corrected chi connectivity index (χ3v) is 8.75. The number of Topliss-reactive ketones (excluding diaryl/α,β-unsaturated/α-hetero) is 1. The van der Waals surface area contributed by atoms with Crippen molar-refractivity contribution in [2.24, 2.45) is 5.92 Å². The minimum absolute atomic E-state index is 0.0298. The number of nitrogens with zero attached hydrogens (tertiary/aromatic N) is 1. The average Bonchev–Trinajstić information content (AvgIpc) is 3.24. The maximum absolute atomic E-state index is 13.5. The molecule has 3 aliphatic rings. The van der Waals surface area contributed by atoms with Crippen molar-refractivity contribution in [1.82, 2.24) is 4.90 Å². The van der Waals surface area contributed by atoms with Gasteiger partial charge in [0.1, 0.15) is 6.61 Å². The van der Waals surface area contributed by atoms with Crippen LogP contribution < -0.4 is 0 Å². The highest BCUT2D eigenvalue weighted by Crippen LogP contribution is 2.45. The molecule has 2 fully saturated rings. The van der Waals surface area contributed by atoms with Crippen LogP contribution in [0.4, 0.5) is 4.79 Å². The Morgan fingerprint density at radius 2 is 1.41 bits per heavy atom. The molecule has 6 rings (SSSR count). The molecule has 1 aliphatic carbocycles. The van der Waals surface area contributed by atoms with Crippen molar-refractivity contribution in [3.05, 3.63) is 95.1 Å². The van der Waals surface area contributed by atoms with Crippen molar-refractivity contribution in [3.63, 3.8) is 0 Å². The van der Waals surface area contributed by atoms with Crippen molar-refractivity contribution in [1.29, 1.82) is 0 Å². The van der Waals surface area contributed by atoms with Gasteiger partial charge in [-0.2, -0.15) is 0 Å². The van der Waals surface area contributed by atoms with E-state index >= 15 is 0 Å². The Hall–Kier alpha value is -3.40. The van der Waals surface area contributed by atoms with Gasteiger partial charge in [0.15, 0.2) is 5.78 Å². The van der Waals surface area contributed by atoms with E-state index in [9.17, 15) is 9.59 Å². The van der Waals surface area contributed by atoms with Gasteiger partial charge in [0.25, 0.3) is 0 Å². The first-order valence-corrected chi connectivity index (χ1v) is 13.8. The predicted molar refractivity (Wildman–Crippen MR) is 146 cm³/mol. The van der Waals surface area contributed by atoms with Gasteiger partial charge in [0.2, 0.25) is 0 Å². The van der Waals surface area contributed by atoms with E-state index in [1.165, 1.54) is 27.8 Å². The van der Waals surface area contributed by atoms with E-state index in [4.69, 9.17) is 4.74 Å². The van der Waals surface area contributed by atoms with Crippen LogP contribution in [0, 0.1) is 5.92 Å². The van der Waals surface area contributed by atoms with Gasteiger partial charge >= 0.3 is 6.09 Å². The second-order valence-electron chi connectivity index (χ2n) is 11.3. The smallest absolute Gasteiger partial charge is 0.410 e. The van der Waals surface area contributed by atoms with Crippen LogP contribution in [0.15, 0.2) is 72.8 Å². The first-order valence-electron chi connectivity index (χ1n) is 13.8. The fourth-order valence-corrected chi connectivity index (χ4v) is 6.83. The molecule has 2 saturated heterocycles. The number of amides is 1. The van der Waals surface area contributed by atoms with Crippen LogP contribution in [0.2, 0.25) is 0 Å². The lowest BCUT2D eigenvalue weighted by molar-refractivity contribution is 0.00651. The number of benzene rings is 3. The second kappa shape index (κ2) is 9.81. The monoisotopic (exact) mass is 493 g/mol. The largest absolute Gasteiger partial charge is 0.448 e. The lowest BCUT2D eigenvalue weighted by Gasteiger charge is -2.47. The summed E-state index contributed by atoms with van der Waals surface area (Å²) >= 11 is 0. The van der Waals surface area contributed by atoms with E-state index in [0.29, 0.717) is 12.5 Å². The number of ether oxygens (including phenoxy) is 1. The van der Waals surface area contributed by atoms with Crippen LogP contribution in [0.25, 0.3) is 11.1 Å². The molecule has 2 heterocycles. The van der Waals surface area contributed by atoms with Gasteiger partial charge in [-0.15, -0.1) is 0 Å². The number of carbonyl (C=O) groups excluding carboxylic acids is 2. The minimum atomic E-state index is -0.219. The Morgan fingerprint density at radius 1 is 0.838 bits per heavy atom. The van der Waals surface area contributed by atoms with E-state index in [2.05, 4.69) is 74.5 Å². The molecular weight excluding hydrogens is 458 g/mol. The van der Waals surface area contributed by atoms with Crippen LogP contribution in [0.1, 0.15) is 84.8 Å². The normalized spacial score (nSPS) is 22.5. The molecule has 3 aromatic rings. The lowest BCUT2D eigenvalue weighted by atomic mass is 9.75. The molecule has 2 atom stereocenters. The Morgan fingerprint density at radius 3 is 1.97 bits per heavy atom. The number of hydrogen-bond acceptors (Lipinski definition) is 3. The molecule has 4 nitrogen and oxygen atoms in total. The molecule has 190 valence electrons. The summed E-state index contributed by atoms with van der Waals surface area (Å²) in [7, 11) is 0. The Kier molecular flexibility index (Phi) is 6.36. The van der Waals surface area contributed by atoms with Crippen LogP contribution >= 0.6 is 0 Å². The molecule has 0 N–H and O–H groups in total. The van der Waals surface area contributed by atoms with Crippen LogP contribution in [-0.4, -0.2) is 35.5 Å². The van der Waals surface area contributed by atoms with Crippen molar-refractivity contribution >= 4 is 11.9 Å². The highest BCUT2D eigenvalue weighted by atomic mass is 16.6. The maximum Gasteiger partial charge on any atom is 0.410 e. The zero-order valence-electron chi connectivity index (χ0n) is 21.7. The summed E-state index contributed by atoms with van der Waals surface area (Å²) in [6, 6.07) is 25.1. The van der Waals surface area contributed by atoms with Gasteiger partial charge in [-0.25, -0.2) is 4.79 Å². The minimum Gasteiger partial charge on any atom is -0.448 e. The third-order valence-electron chi connectivity index (χ3n) is 8.75. The molecule has 0 radical (unpaired) electrons. The molecule has 37 heavy (non-hydrogen) atoms. The van der Waals surface area contributed by atoms with Gasteiger partial charge in [0.05, 0.1) is 0 Å². The van der Waals surface area contributed by atoms with E-state index in [1.807, 2.05) is 17.0 Å². The Labute approximate surface area is 219 Å². The summed E-state index contributed by atoms with van der Waals surface area (Å²) in [5, 5.41) is 0. The number of ketones is 1. The van der Waals surface area contributed by atoms with E-state index in [0.717, 1.165) is 37.7 Å². The van der Waals surface area contributed by atoms with Gasteiger partial charge in [0, 0.05) is 29.5 Å². The molecule has 0 spiro atoms. The molecule has 1 amide bonds. The predicted octanol–water partition coefficient (Wildman–Crippen LogP) is 7.57. The molecule has 2 aliphatic heterocycles. The Balaban J connectivity index is 1.14. The molecule has 0 saturated carbocycles. The molecular formula is C33H35NO3. The highest BCUT2D eigenvalue weighted by Gasteiger charge is 2.44. The number of hydrogen-bond donors (Lipinski definition) is 0. The van der Waals surface area contributed by atoms with E-state index in [1.54, 1.807) is 0 Å². The van der Waals surface area contributed by atoms with Crippen LogP contribution in [0.3, 0.4) is 0 Å². The Bertz CT molecular complexity index is 1250. The highest BCUT2D eigenvalue weighted by molar-refractivity contribution is 5.98. The van der Waals surface area contributed by atoms with E-state index < -0.39 is 0 Å². The maximum atomic E-state index is 13.5. The zero-order valence-corrected chi connectivity index (χ0v) is 21.7. The summed E-state index contributed by atoms with van der Waals surface area (Å²) in [5.41, 5.74) is 6.96. The SMILES string of the molecule is CC(C)c1ccc(C(=O)C2CC3CCCC(C2)N3C(=O)OCC2c3ccccc3-c3ccccc32)cc1. The van der Waals surface area contributed by atoms with Crippen molar-refractivity contribution in [3.8, 4) is 11.1 Å². The summed E-state index contributed by atoms with van der Waals surface area (Å²) in [6.45, 7) is 4.67. The molecule has 2 bridgehead atoms. The van der Waals surface area contributed by atoms with Crippen molar-refractivity contribution in [2.45, 2.75) is 69.9 Å². The molecule has 0 aromatic heterocycles. The second-order valence-corrected chi connectivity index (χ2v) is 11.3. The van der Waals surface area contributed by atoms with Gasteiger partial charge in [-0.05, 0) is 65.8 Å². The fourth-order valence-electron chi connectivity index (χ4n) is 6.83. The summed E-state index contributed by atoms with van der Waals surface area (Å²) in [5.74, 6) is 0.699. The first kappa shape index (κ1) is 24.0. The molecule has 2 unspecified atom stereocenters. The number of carbonyl (C=O) groups is 2. The first-order chi connectivity index (χ1) is 18.0. The van der Waals surface area contributed by atoms with Gasteiger partial charge in [-0.3, -0.25) is 4.79 Å². The summed E-state index contributed by atoms with van der Waals surface area (Å²) < 4.78 is 6.03. The summed E-state index contributed by atoms with van der Waals surface area (Å²) in [6.07, 6.45) is 4.22. The molecule has 4 heteroatoms. The summed E-state index contributed by atoms with van der Waals surface area (Å²) in [4.78, 5) is 28.8. The van der Waals surface area contributed by atoms with Crippen molar-refractivity contribution < 1.29 is 14.3 Å². The average molecular weight is 494 g/mol. The lowest BCUT2D eigenvalue weighted by Crippen LogP contribution is -2.55.